The Labute approximate surface area is 130 Å². The van der Waals surface area contributed by atoms with Crippen LogP contribution in [0.4, 0.5) is 0 Å². The second kappa shape index (κ2) is 5.98. The minimum atomic E-state index is -0.377. The SMILES string of the molecule is Cc1cc(C)c(/C=N\n2c(C)cc(C)c(C#N)c2=O)cc1C. The topological polar surface area (TPSA) is 58.1 Å². The summed E-state index contributed by atoms with van der Waals surface area (Å²) in [5.74, 6) is 0. The summed E-state index contributed by atoms with van der Waals surface area (Å²) in [6.45, 7) is 9.69. The molecule has 0 bridgehead atoms. The van der Waals surface area contributed by atoms with Gasteiger partial charge in [0.15, 0.2) is 0 Å². The molecule has 1 heterocycles. The van der Waals surface area contributed by atoms with E-state index in [1.165, 1.54) is 15.8 Å². The van der Waals surface area contributed by atoms with E-state index in [0.29, 0.717) is 11.3 Å². The molecule has 112 valence electrons. The van der Waals surface area contributed by atoms with Crippen LogP contribution in [0.15, 0.2) is 28.1 Å². The van der Waals surface area contributed by atoms with Crippen molar-refractivity contribution in [3.8, 4) is 6.07 Å². The van der Waals surface area contributed by atoms with Crippen molar-refractivity contribution in [3.05, 3.63) is 67.6 Å². The van der Waals surface area contributed by atoms with Gasteiger partial charge in [0.1, 0.15) is 11.6 Å². The predicted octanol–water partition coefficient (Wildman–Crippen LogP) is 3.14. The van der Waals surface area contributed by atoms with Gasteiger partial charge in [-0.25, -0.2) is 4.68 Å². The van der Waals surface area contributed by atoms with Crippen molar-refractivity contribution in [1.29, 1.82) is 5.26 Å². The van der Waals surface area contributed by atoms with E-state index >= 15 is 0 Å². The molecule has 0 aliphatic rings. The first-order valence-corrected chi connectivity index (χ1v) is 7.10. The van der Waals surface area contributed by atoms with E-state index in [2.05, 4.69) is 18.1 Å². The van der Waals surface area contributed by atoms with Crippen molar-refractivity contribution in [3.63, 3.8) is 0 Å². The third-order valence-corrected chi connectivity index (χ3v) is 3.87. The van der Waals surface area contributed by atoms with E-state index in [1.807, 2.05) is 26.0 Å². The van der Waals surface area contributed by atoms with E-state index in [0.717, 1.165) is 11.1 Å². The molecule has 22 heavy (non-hydrogen) atoms. The lowest BCUT2D eigenvalue weighted by Gasteiger charge is -2.08. The molecule has 0 unspecified atom stereocenters. The Kier molecular flexibility index (Phi) is 4.27. The summed E-state index contributed by atoms with van der Waals surface area (Å²) >= 11 is 0. The van der Waals surface area contributed by atoms with Crippen LogP contribution in [0.1, 0.15) is 39.1 Å². The molecule has 0 N–H and O–H groups in total. The van der Waals surface area contributed by atoms with Gasteiger partial charge in [0.05, 0.1) is 6.21 Å². The molecule has 0 aliphatic heterocycles. The van der Waals surface area contributed by atoms with E-state index in [-0.39, 0.29) is 11.1 Å². The minimum absolute atomic E-state index is 0.138. The quantitative estimate of drug-likeness (QED) is 0.799. The molecule has 2 aromatic rings. The lowest BCUT2D eigenvalue weighted by Crippen LogP contribution is -2.22. The number of aromatic nitrogens is 1. The highest BCUT2D eigenvalue weighted by Crippen LogP contribution is 2.14. The number of nitrogens with zero attached hydrogens (tertiary/aromatic N) is 3. The number of hydrogen-bond donors (Lipinski definition) is 0. The molecule has 0 fully saturated rings. The molecule has 0 spiro atoms. The normalized spacial score (nSPS) is 10.9. The maximum Gasteiger partial charge on any atom is 0.289 e. The Balaban J connectivity index is 2.55. The Morgan fingerprint density at radius 1 is 1.00 bits per heavy atom. The number of hydrogen-bond acceptors (Lipinski definition) is 3. The average Bonchev–Trinajstić information content (AvgIpc) is 2.44. The Hall–Kier alpha value is -2.67. The molecule has 1 aromatic heterocycles. The molecule has 0 amide bonds. The summed E-state index contributed by atoms with van der Waals surface area (Å²) in [4.78, 5) is 12.3. The average molecular weight is 293 g/mol. The standard InChI is InChI=1S/C18H19N3O/c1-11-6-13(3)16(8-12(11)2)10-20-21-15(5)7-14(4)17(9-19)18(21)22/h6-8,10H,1-5H3/b20-10-. The van der Waals surface area contributed by atoms with Gasteiger partial charge in [0.2, 0.25) is 0 Å². The van der Waals surface area contributed by atoms with Gasteiger partial charge in [0, 0.05) is 5.69 Å². The van der Waals surface area contributed by atoms with Crippen LogP contribution < -0.4 is 5.56 Å². The van der Waals surface area contributed by atoms with E-state index in [9.17, 15) is 4.79 Å². The molecular weight excluding hydrogens is 274 g/mol. The fourth-order valence-electron chi connectivity index (χ4n) is 2.40. The molecule has 4 nitrogen and oxygen atoms in total. The van der Waals surface area contributed by atoms with Crippen molar-refractivity contribution >= 4 is 6.21 Å². The van der Waals surface area contributed by atoms with E-state index in [4.69, 9.17) is 5.26 Å². The second-order valence-corrected chi connectivity index (χ2v) is 5.61. The first-order chi connectivity index (χ1) is 10.3. The number of nitriles is 1. The van der Waals surface area contributed by atoms with Crippen LogP contribution in [0.2, 0.25) is 0 Å². The van der Waals surface area contributed by atoms with Crippen molar-refractivity contribution < 1.29 is 0 Å². The fourth-order valence-corrected chi connectivity index (χ4v) is 2.40. The number of pyridine rings is 1. The largest absolute Gasteiger partial charge is 0.289 e. The van der Waals surface area contributed by atoms with Gasteiger partial charge < -0.3 is 0 Å². The fraction of sp³-hybridized carbons (Fsp3) is 0.278. The summed E-state index contributed by atoms with van der Waals surface area (Å²) in [6.07, 6.45) is 1.67. The lowest BCUT2D eigenvalue weighted by molar-refractivity contribution is 0.786. The van der Waals surface area contributed by atoms with Gasteiger partial charge in [-0.15, -0.1) is 0 Å². The van der Waals surface area contributed by atoms with E-state index < -0.39 is 0 Å². The van der Waals surface area contributed by atoms with Crippen LogP contribution in [-0.4, -0.2) is 10.9 Å². The number of rotatable bonds is 2. The predicted molar refractivity (Wildman–Crippen MR) is 88.5 cm³/mol. The van der Waals surface area contributed by atoms with E-state index in [1.54, 1.807) is 26.1 Å². The summed E-state index contributed by atoms with van der Waals surface area (Å²) in [6, 6.07) is 7.90. The molecule has 0 radical (unpaired) electrons. The van der Waals surface area contributed by atoms with Gasteiger partial charge in [-0.3, -0.25) is 4.79 Å². The van der Waals surface area contributed by atoms with Crippen LogP contribution >= 0.6 is 0 Å². The molecule has 4 heteroatoms. The lowest BCUT2D eigenvalue weighted by atomic mass is 10.0. The van der Waals surface area contributed by atoms with Crippen molar-refractivity contribution in [1.82, 2.24) is 4.68 Å². The van der Waals surface area contributed by atoms with Crippen LogP contribution in [0.5, 0.6) is 0 Å². The highest BCUT2D eigenvalue weighted by atomic mass is 16.1. The zero-order valence-corrected chi connectivity index (χ0v) is 13.6. The summed E-state index contributed by atoms with van der Waals surface area (Å²) in [5, 5.41) is 13.4. The molecule has 2 rings (SSSR count). The maximum absolute atomic E-state index is 12.3. The van der Waals surface area contributed by atoms with Gasteiger partial charge in [-0.2, -0.15) is 10.4 Å². The molecular formula is C18H19N3O. The Morgan fingerprint density at radius 2 is 1.64 bits per heavy atom. The van der Waals surface area contributed by atoms with Crippen LogP contribution in [0, 0.1) is 45.9 Å². The third kappa shape index (κ3) is 2.84. The second-order valence-electron chi connectivity index (χ2n) is 5.61. The first kappa shape index (κ1) is 15.7. The van der Waals surface area contributed by atoms with Gasteiger partial charge >= 0.3 is 0 Å². The molecule has 0 aliphatic carbocycles. The molecule has 0 saturated heterocycles. The monoisotopic (exact) mass is 293 g/mol. The summed E-state index contributed by atoms with van der Waals surface area (Å²) in [7, 11) is 0. The molecule has 0 atom stereocenters. The number of benzene rings is 1. The highest BCUT2D eigenvalue weighted by Gasteiger charge is 2.09. The minimum Gasteiger partial charge on any atom is -0.266 e. The zero-order valence-electron chi connectivity index (χ0n) is 13.6. The molecule has 1 aromatic carbocycles. The Bertz CT molecular complexity index is 867. The number of aryl methyl sites for hydroxylation is 5. The molecule has 0 saturated carbocycles. The summed E-state index contributed by atoms with van der Waals surface area (Å²) in [5.41, 5.74) is 5.62. The maximum atomic E-state index is 12.3. The van der Waals surface area contributed by atoms with Crippen molar-refractivity contribution in [2.75, 3.05) is 0 Å². The van der Waals surface area contributed by atoms with Crippen LogP contribution in [0.25, 0.3) is 0 Å². The van der Waals surface area contributed by atoms with Gasteiger partial charge in [0.25, 0.3) is 5.56 Å². The van der Waals surface area contributed by atoms with Gasteiger partial charge in [-0.05, 0) is 74.6 Å². The van der Waals surface area contributed by atoms with Crippen molar-refractivity contribution in [2.24, 2.45) is 5.10 Å². The smallest absolute Gasteiger partial charge is 0.266 e. The summed E-state index contributed by atoms with van der Waals surface area (Å²) < 4.78 is 1.28. The van der Waals surface area contributed by atoms with Crippen LogP contribution in [-0.2, 0) is 0 Å². The van der Waals surface area contributed by atoms with Crippen molar-refractivity contribution in [2.45, 2.75) is 34.6 Å². The van der Waals surface area contributed by atoms with Crippen LogP contribution in [0.3, 0.4) is 0 Å². The zero-order chi connectivity index (χ0) is 16.4. The Morgan fingerprint density at radius 3 is 2.27 bits per heavy atom. The first-order valence-electron chi connectivity index (χ1n) is 7.10. The van der Waals surface area contributed by atoms with Gasteiger partial charge in [-0.1, -0.05) is 6.07 Å². The third-order valence-electron chi connectivity index (χ3n) is 3.87. The highest BCUT2D eigenvalue weighted by molar-refractivity contribution is 5.82.